The summed E-state index contributed by atoms with van der Waals surface area (Å²) in [7, 11) is 0. The van der Waals surface area contributed by atoms with Crippen molar-refractivity contribution >= 4 is 17.5 Å². The number of aryl methyl sites for hydroxylation is 2. The Kier molecular flexibility index (Phi) is 4.48. The van der Waals surface area contributed by atoms with Crippen LogP contribution in [0.2, 0.25) is 5.02 Å². The maximum Gasteiger partial charge on any atom is 0.222 e. The van der Waals surface area contributed by atoms with Gasteiger partial charge < -0.3 is 9.88 Å². The van der Waals surface area contributed by atoms with Gasteiger partial charge in [-0.05, 0) is 37.5 Å². The molecular weight excluding hydrogens is 298 g/mol. The van der Waals surface area contributed by atoms with Gasteiger partial charge in [0.15, 0.2) is 0 Å². The number of imidazole rings is 1. The van der Waals surface area contributed by atoms with E-state index < -0.39 is 0 Å². The van der Waals surface area contributed by atoms with Crippen molar-refractivity contribution in [3.8, 4) is 0 Å². The summed E-state index contributed by atoms with van der Waals surface area (Å²) in [5.41, 5.74) is 2.22. The summed E-state index contributed by atoms with van der Waals surface area (Å²) in [6, 6.07) is 7.70. The zero-order valence-corrected chi connectivity index (χ0v) is 13.4. The summed E-state index contributed by atoms with van der Waals surface area (Å²) in [6.45, 7) is 3.59. The minimum absolute atomic E-state index is 0.223. The van der Waals surface area contributed by atoms with Gasteiger partial charge in [0.2, 0.25) is 5.91 Å². The Morgan fingerprint density at radius 3 is 2.86 bits per heavy atom. The summed E-state index contributed by atoms with van der Waals surface area (Å²) in [5.74, 6) is 1.57. The van der Waals surface area contributed by atoms with Crippen LogP contribution in [0.5, 0.6) is 0 Å². The first-order chi connectivity index (χ1) is 10.6. The van der Waals surface area contributed by atoms with Crippen molar-refractivity contribution in [2.75, 3.05) is 13.1 Å². The molecule has 2 aromatic rings. The molecule has 1 amide bonds. The molecule has 1 aliphatic heterocycles. The SMILES string of the molecule is Cc1cnc([C@H]2CCN(C(=O)CCc3ccc(Cl)cc3)C2)[nH]1. The molecule has 0 unspecified atom stereocenters. The third kappa shape index (κ3) is 3.50. The Labute approximate surface area is 135 Å². The monoisotopic (exact) mass is 317 g/mol. The number of aromatic nitrogens is 2. The smallest absolute Gasteiger partial charge is 0.222 e. The molecule has 22 heavy (non-hydrogen) atoms. The molecular formula is C17H20ClN3O. The number of rotatable bonds is 4. The van der Waals surface area contributed by atoms with Gasteiger partial charge in [-0.25, -0.2) is 4.98 Å². The molecule has 5 heteroatoms. The van der Waals surface area contributed by atoms with E-state index in [1.807, 2.05) is 42.3 Å². The van der Waals surface area contributed by atoms with E-state index in [0.717, 1.165) is 48.0 Å². The number of likely N-dealkylation sites (tertiary alicyclic amines) is 1. The number of aromatic amines is 1. The van der Waals surface area contributed by atoms with Crippen molar-refractivity contribution in [1.29, 1.82) is 0 Å². The quantitative estimate of drug-likeness (QED) is 0.940. The molecule has 1 aromatic carbocycles. The highest BCUT2D eigenvalue weighted by Crippen LogP contribution is 2.25. The Morgan fingerprint density at radius 2 is 2.18 bits per heavy atom. The molecule has 4 nitrogen and oxygen atoms in total. The largest absolute Gasteiger partial charge is 0.346 e. The Morgan fingerprint density at radius 1 is 1.41 bits per heavy atom. The van der Waals surface area contributed by atoms with Crippen LogP contribution in [0.1, 0.15) is 35.8 Å². The first kappa shape index (κ1) is 15.1. The third-order valence-electron chi connectivity index (χ3n) is 4.19. The normalized spacial score (nSPS) is 17.9. The summed E-state index contributed by atoms with van der Waals surface area (Å²) in [5, 5.41) is 0.728. The summed E-state index contributed by atoms with van der Waals surface area (Å²) in [6.07, 6.45) is 4.14. The highest BCUT2D eigenvalue weighted by molar-refractivity contribution is 6.30. The van der Waals surface area contributed by atoms with Crippen LogP contribution in [0.4, 0.5) is 0 Å². The molecule has 0 saturated carbocycles. The number of H-pyrrole nitrogens is 1. The van der Waals surface area contributed by atoms with E-state index in [-0.39, 0.29) is 5.91 Å². The minimum Gasteiger partial charge on any atom is -0.346 e. The van der Waals surface area contributed by atoms with Crippen molar-refractivity contribution in [1.82, 2.24) is 14.9 Å². The highest BCUT2D eigenvalue weighted by atomic mass is 35.5. The lowest BCUT2D eigenvalue weighted by atomic mass is 10.1. The molecule has 0 bridgehead atoms. The maximum absolute atomic E-state index is 12.3. The van der Waals surface area contributed by atoms with Crippen LogP contribution in [-0.2, 0) is 11.2 Å². The number of amides is 1. The second-order valence-corrected chi connectivity index (χ2v) is 6.34. The summed E-state index contributed by atoms with van der Waals surface area (Å²) >= 11 is 5.87. The van der Waals surface area contributed by atoms with Crippen molar-refractivity contribution in [3.05, 3.63) is 52.6 Å². The number of benzene rings is 1. The van der Waals surface area contributed by atoms with Crippen molar-refractivity contribution < 1.29 is 4.79 Å². The van der Waals surface area contributed by atoms with Crippen molar-refractivity contribution in [3.63, 3.8) is 0 Å². The Hall–Kier alpha value is -1.81. The van der Waals surface area contributed by atoms with Gasteiger partial charge >= 0.3 is 0 Å². The van der Waals surface area contributed by atoms with E-state index in [4.69, 9.17) is 11.6 Å². The second-order valence-electron chi connectivity index (χ2n) is 5.90. The Bertz CT molecular complexity index is 650. The van der Waals surface area contributed by atoms with E-state index in [2.05, 4.69) is 9.97 Å². The predicted molar refractivity (Wildman–Crippen MR) is 87.0 cm³/mol. The van der Waals surface area contributed by atoms with E-state index in [0.29, 0.717) is 12.3 Å². The molecule has 1 atom stereocenters. The molecule has 0 aliphatic carbocycles. The van der Waals surface area contributed by atoms with Crippen LogP contribution in [0.3, 0.4) is 0 Å². The number of nitrogens with zero attached hydrogens (tertiary/aromatic N) is 2. The van der Waals surface area contributed by atoms with Crippen LogP contribution in [0, 0.1) is 6.92 Å². The topological polar surface area (TPSA) is 49.0 Å². The molecule has 1 saturated heterocycles. The first-order valence-corrected chi connectivity index (χ1v) is 8.03. The highest BCUT2D eigenvalue weighted by Gasteiger charge is 2.28. The van der Waals surface area contributed by atoms with Crippen molar-refractivity contribution in [2.45, 2.75) is 32.1 Å². The lowest BCUT2D eigenvalue weighted by molar-refractivity contribution is -0.130. The minimum atomic E-state index is 0.223. The van der Waals surface area contributed by atoms with Gasteiger partial charge in [-0.1, -0.05) is 23.7 Å². The molecule has 1 aromatic heterocycles. The summed E-state index contributed by atoms with van der Waals surface area (Å²) < 4.78 is 0. The molecule has 0 spiro atoms. The van der Waals surface area contributed by atoms with Crippen LogP contribution in [-0.4, -0.2) is 33.9 Å². The van der Waals surface area contributed by atoms with E-state index >= 15 is 0 Å². The van der Waals surface area contributed by atoms with Crippen LogP contribution in [0.25, 0.3) is 0 Å². The van der Waals surface area contributed by atoms with Crippen molar-refractivity contribution in [2.24, 2.45) is 0 Å². The van der Waals surface area contributed by atoms with Gasteiger partial charge in [-0.2, -0.15) is 0 Å². The zero-order chi connectivity index (χ0) is 15.5. The molecule has 0 radical (unpaired) electrons. The first-order valence-electron chi connectivity index (χ1n) is 7.65. The molecule has 3 rings (SSSR count). The number of nitrogens with one attached hydrogen (secondary N) is 1. The van der Waals surface area contributed by atoms with E-state index in [9.17, 15) is 4.79 Å². The second kappa shape index (κ2) is 6.53. The molecule has 1 N–H and O–H groups in total. The number of hydrogen-bond donors (Lipinski definition) is 1. The van der Waals surface area contributed by atoms with Gasteiger partial charge in [0.1, 0.15) is 5.82 Å². The van der Waals surface area contributed by atoms with Crippen LogP contribution >= 0.6 is 11.6 Å². The Balaban J connectivity index is 1.52. The third-order valence-corrected chi connectivity index (χ3v) is 4.44. The van der Waals surface area contributed by atoms with Gasteiger partial charge in [0.25, 0.3) is 0 Å². The number of halogens is 1. The molecule has 1 fully saturated rings. The lowest BCUT2D eigenvalue weighted by Crippen LogP contribution is -2.28. The fourth-order valence-corrected chi connectivity index (χ4v) is 3.04. The maximum atomic E-state index is 12.3. The number of carbonyl (C=O) groups is 1. The lowest BCUT2D eigenvalue weighted by Gasteiger charge is -2.16. The van der Waals surface area contributed by atoms with Crippen LogP contribution < -0.4 is 0 Å². The molecule has 1 aliphatic rings. The fraction of sp³-hybridized carbons (Fsp3) is 0.412. The molecule has 116 valence electrons. The van der Waals surface area contributed by atoms with Gasteiger partial charge in [-0.3, -0.25) is 4.79 Å². The standard InChI is InChI=1S/C17H20ClN3O/c1-12-10-19-17(20-12)14-8-9-21(11-14)16(22)7-4-13-2-5-15(18)6-3-13/h2-3,5-6,10,14H,4,7-9,11H2,1H3,(H,19,20)/t14-/m0/s1. The average Bonchev–Trinajstić information content (AvgIpc) is 3.15. The van der Waals surface area contributed by atoms with Gasteiger partial charge in [0, 0.05) is 42.3 Å². The molecule has 2 heterocycles. The van der Waals surface area contributed by atoms with Gasteiger partial charge in [-0.15, -0.1) is 0 Å². The number of carbonyl (C=O) groups excluding carboxylic acids is 1. The van der Waals surface area contributed by atoms with E-state index in [1.54, 1.807) is 0 Å². The van der Waals surface area contributed by atoms with Gasteiger partial charge in [0.05, 0.1) is 0 Å². The average molecular weight is 318 g/mol. The number of hydrogen-bond acceptors (Lipinski definition) is 2. The fourth-order valence-electron chi connectivity index (χ4n) is 2.91. The van der Waals surface area contributed by atoms with Crippen LogP contribution in [0.15, 0.2) is 30.5 Å². The zero-order valence-electron chi connectivity index (χ0n) is 12.7. The van der Waals surface area contributed by atoms with E-state index in [1.165, 1.54) is 0 Å². The summed E-state index contributed by atoms with van der Waals surface area (Å²) in [4.78, 5) is 22.0. The predicted octanol–water partition coefficient (Wildman–Crippen LogP) is 3.32.